The zero-order valence-corrected chi connectivity index (χ0v) is 20.9. The highest BCUT2D eigenvalue weighted by Gasteiger charge is 2.30. The van der Waals surface area contributed by atoms with Crippen LogP contribution in [0.2, 0.25) is 5.02 Å². The first-order valence-electron chi connectivity index (χ1n) is 9.97. The van der Waals surface area contributed by atoms with Gasteiger partial charge in [-0.25, -0.2) is 0 Å². The van der Waals surface area contributed by atoms with Gasteiger partial charge in [0.2, 0.25) is 0 Å². The van der Waals surface area contributed by atoms with Crippen LogP contribution in [0.4, 0.5) is 0 Å². The number of aromatic nitrogens is 1. The first kappa shape index (κ1) is 24.0. The lowest BCUT2D eigenvalue weighted by Crippen LogP contribution is -2.45. The van der Waals surface area contributed by atoms with Gasteiger partial charge in [-0.05, 0) is 62.2 Å². The molecule has 0 radical (unpaired) electrons. The van der Waals surface area contributed by atoms with Gasteiger partial charge in [-0.2, -0.15) is 0 Å². The molecule has 1 saturated heterocycles. The second-order valence-corrected chi connectivity index (χ2v) is 8.21. The summed E-state index contributed by atoms with van der Waals surface area (Å²) in [5.41, 5.74) is 2.56. The van der Waals surface area contributed by atoms with E-state index in [0.29, 0.717) is 12.0 Å². The second-order valence-electron chi connectivity index (χ2n) is 7.78. The van der Waals surface area contributed by atoms with E-state index in [-0.39, 0.29) is 24.0 Å². The number of hydrogen-bond acceptors (Lipinski definition) is 2. The number of nitrogens with zero attached hydrogens (tertiary/aromatic N) is 4. The number of piperidine rings is 1. The molecule has 0 spiro atoms. The van der Waals surface area contributed by atoms with Gasteiger partial charge in [-0.1, -0.05) is 23.7 Å². The number of likely N-dealkylation sites (tertiary alicyclic amines) is 1. The van der Waals surface area contributed by atoms with Crippen LogP contribution in [0.3, 0.4) is 0 Å². The number of nitrogens with one attached hydrogen (secondary N) is 1. The van der Waals surface area contributed by atoms with E-state index in [1.165, 1.54) is 24.1 Å². The monoisotopic (exact) mass is 529 g/mol. The molecule has 1 N–H and O–H groups in total. The van der Waals surface area contributed by atoms with E-state index in [1.807, 2.05) is 13.1 Å². The van der Waals surface area contributed by atoms with Crippen LogP contribution < -0.4 is 5.32 Å². The van der Waals surface area contributed by atoms with Gasteiger partial charge in [0.15, 0.2) is 5.96 Å². The summed E-state index contributed by atoms with van der Waals surface area (Å²) in [5.74, 6) is 1.44. The molecule has 2 aromatic rings. The summed E-state index contributed by atoms with van der Waals surface area (Å²) in [5, 5.41) is 4.42. The van der Waals surface area contributed by atoms with E-state index in [0.717, 1.165) is 30.6 Å². The Balaban J connectivity index is 0.00000300. The van der Waals surface area contributed by atoms with Crippen molar-refractivity contribution in [3.05, 3.63) is 58.9 Å². The summed E-state index contributed by atoms with van der Waals surface area (Å²) in [7, 11) is 8.23. The Morgan fingerprint density at radius 1 is 1.28 bits per heavy atom. The third-order valence-electron chi connectivity index (χ3n) is 5.74. The average molecular weight is 530 g/mol. The largest absolute Gasteiger partial charge is 0.356 e. The minimum atomic E-state index is 0. The highest BCUT2D eigenvalue weighted by Crippen LogP contribution is 2.35. The summed E-state index contributed by atoms with van der Waals surface area (Å²) >= 11 is 6.27. The van der Waals surface area contributed by atoms with Gasteiger partial charge in [0.1, 0.15) is 0 Å². The molecule has 5 nitrogen and oxygen atoms in total. The Kier molecular flexibility index (Phi) is 9.30. The molecule has 0 amide bonds. The van der Waals surface area contributed by atoms with Crippen LogP contribution >= 0.6 is 35.6 Å². The van der Waals surface area contributed by atoms with Gasteiger partial charge >= 0.3 is 0 Å². The Bertz CT molecular complexity index is 806. The van der Waals surface area contributed by atoms with Gasteiger partial charge in [0.05, 0.1) is 6.54 Å². The summed E-state index contributed by atoms with van der Waals surface area (Å²) < 4.78 is 2.15. The molecule has 1 aliphatic rings. The lowest BCUT2D eigenvalue weighted by Gasteiger charge is -2.40. The van der Waals surface area contributed by atoms with Gasteiger partial charge in [0, 0.05) is 50.6 Å². The number of aliphatic imine (C=N–C) groups is 1. The lowest BCUT2D eigenvalue weighted by molar-refractivity contribution is 0.122. The molecule has 1 aromatic carbocycles. The summed E-state index contributed by atoms with van der Waals surface area (Å²) in [6.45, 7) is 2.84. The topological polar surface area (TPSA) is 35.8 Å². The summed E-state index contributed by atoms with van der Waals surface area (Å²) in [6.07, 6.45) is 4.50. The summed E-state index contributed by atoms with van der Waals surface area (Å²) in [6, 6.07) is 12.9. The highest BCUT2D eigenvalue weighted by molar-refractivity contribution is 14.0. The fourth-order valence-corrected chi connectivity index (χ4v) is 4.48. The molecule has 29 heavy (non-hydrogen) atoms. The molecule has 7 heteroatoms. The zero-order chi connectivity index (χ0) is 20.1. The van der Waals surface area contributed by atoms with Crippen LogP contribution in [0.1, 0.15) is 30.1 Å². The summed E-state index contributed by atoms with van der Waals surface area (Å²) in [4.78, 5) is 9.13. The second kappa shape index (κ2) is 11.2. The van der Waals surface area contributed by atoms with Gasteiger partial charge in [-0.15, -0.1) is 24.0 Å². The normalized spacial score (nSPS) is 20.2. The number of guanidine groups is 1. The molecule has 2 heterocycles. The van der Waals surface area contributed by atoms with E-state index in [2.05, 4.69) is 82.3 Å². The molecular formula is C22H33ClIN5. The standard InChI is InChI=1S/C22H32ClN5.HI/c1-24-22(28(4)16-20-11-7-12-26(20)2)25-15-18-9-6-13-27(3)21(18)17-8-5-10-19(23)14-17;/h5,7-8,10-12,14,18,21H,6,9,13,15-16H2,1-4H3,(H,24,25);1H. The molecule has 3 rings (SSSR count). The van der Waals surface area contributed by atoms with Crippen LogP contribution in [-0.2, 0) is 13.6 Å². The highest BCUT2D eigenvalue weighted by atomic mass is 127. The van der Waals surface area contributed by atoms with Crippen molar-refractivity contribution < 1.29 is 0 Å². The van der Waals surface area contributed by atoms with Crippen LogP contribution in [0, 0.1) is 5.92 Å². The predicted molar refractivity (Wildman–Crippen MR) is 133 cm³/mol. The fraction of sp³-hybridized carbons (Fsp3) is 0.500. The maximum absolute atomic E-state index is 6.27. The smallest absolute Gasteiger partial charge is 0.193 e. The van der Waals surface area contributed by atoms with Gasteiger partial charge < -0.3 is 14.8 Å². The molecule has 1 fully saturated rings. The van der Waals surface area contributed by atoms with Crippen LogP contribution in [0.15, 0.2) is 47.6 Å². The Hall–Kier alpha value is -1.25. The molecule has 1 aliphatic heterocycles. The van der Waals surface area contributed by atoms with E-state index < -0.39 is 0 Å². The minimum absolute atomic E-state index is 0. The average Bonchev–Trinajstić information content (AvgIpc) is 3.07. The molecular weight excluding hydrogens is 497 g/mol. The number of halogens is 2. The van der Waals surface area contributed by atoms with E-state index >= 15 is 0 Å². The number of hydrogen-bond donors (Lipinski definition) is 1. The molecule has 0 saturated carbocycles. The SMILES string of the molecule is CN=C(NCC1CCCN(C)C1c1cccc(Cl)c1)N(C)Cc1cccn1C.I. The van der Waals surface area contributed by atoms with Crippen molar-refractivity contribution in [2.45, 2.75) is 25.4 Å². The van der Waals surface area contributed by atoms with Crippen molar-refractivity contribution in [1.82, 2.24) is 19.7 Å². The van der Waals surface area contributed by atoms with Crippen molar-refractivity contribution >= 4 is 41.5 Å². The molecule has 0 aliphatic carbocycles. The minimum Gasteiger partial charge on any atom is -0.356 e. The molecule has 160 valence electrons. The maximum Gasteiger partial charge on any atom is 0.193 e. The van der Waals surface area contributed by atoms with Crippen LogP contribution in [0.5, 0.6) is 0 Å². The Morgan fingerprint density at radius 2 is 2.07 bits per heavy atom. The third-order valence-corrected chi connectivity index (χ3v) is 5.98. The fourth-order valence-electron chi connectivity index (χ4n) is 4.28. The van der Waals surface area contributed by atoms with Gasteiger partial charge in [0.25, 0.3) is 0 Å². The van der Waals surface area contributed by atoms with Crippen molar-refractivity contribution in [2.24, 2.45) is 18.0 Å². The van der Waals surface area contributed by atoms with E-state index in [1.54, 1.807) is 0 Å². The van der Waals surface area contributed by atoms with Crippen molar-refractivity contribution in [2.75, 3.05) is 34.2 Å². The first-order valence-corrected chi connectivity index (χ1v) is 10.3. The Morgan fingerprint density at radius 3 is 2.72 bits per heavy atom. The van der Waals surface area contributed by atoms with Crippen molar-refractivity contribution in [1.29, 1.82) is 0 Å². The third kappa shape index (κ3) is 6.12. The molecule has 2 atom stereocenters. The van der Waals surface area contributed by atoms with E-state index in [4.69, 9.17) is 11.6 Å². The number of rotatable bonds is 5. The first-order chi connectivity index (χ1) is 13.5. The van der Waals surface area contributed by atoms with Crippen LogP contribution in [0.25, 0.3) is 0 Å². The zero-order valence-electron chi connectivity index (χ0n) is 17.8. The maximum atomic E-state index is 6.27. The van der Waals surface area contributed by atoms with Crippen molar-refractivity contribution in [3.63, 3.8) is 0 Å². The Labute approximate surface area is 197 Å². The van der Waals surface area contributed by atoms with Crippen molar-refractivity contribution in [3.8, 4) is 0 Å². The lowest BCUT2D eigenvalue weighted by atomic mass is 9.85. The molecule has 0 bridgehead atoms. The molecule has 2 unspecified atom stereocenters. The number of aryl methyl sites for hydroxylation is 1. The van der Waals surface area contributed by atoms with Gasteiger partial charge in [-0.3, -0.25) is 9.89 Å². The predicted octanol–water partition coefficient (Wildman–Crippen LogP) is 4.39. The van der Waals surface area contributed by atoms with Crippen LogP contribution in [-0.4, -0.2) is 54.6 Å². The van der Waals surface area contributed by atoms with E-state index in [9.17, 15) is 0 Å². The molecule has 1 aromatic heterocycles. The quantitative estimate of drug-likeness (QED) is 0.355. The number of benzene rings is 1.